The highest BCUT2D eigenvalue weighted by Gasteiger charge is 2.29. The Kier molecular flexibility index (Phi) is 6.26. The van der Waals surface area contributed by atoms with Crippen LogP contribution in [-0.2, 0) is 13.1 Å². The average Bonchev–Trinajstić information content (AvgIpc) is 3.46. The van der Waals surface area contributed by atoms with Gasteiger partial charge in [0.15, 0.2) is 5.78 Å². The van der Waals surface area contributed by atoms with E-state index in [0.717, 1.165) is 24.2 Å². The number of nitrogens with zero attached hydrogens (tertiary/aromatic N) is 4. The number of fused-ring (bicyclic) bond motifs is 2. The van der Waals surface area contributed by atoms with Gasteiger partial charge in [-0.05, 0) is 42.3 Å². The van der Waals surface area contributed by atoms with Gasteiger partial charge in [0.1, 0.15) is 11.4 Å². The minimum atomic E-state index is -0.332. The van der Waals surface area contributed by atoms with Crippen LogP contribution in [0.3, 0.4) is 0 Å². The lowest BCUT2D eigenvalue weighted by molar-refractivity contribution is 0.0663. The van der Waals surface area contributed by atoms with E-state index < -0.39 is 0 Å². The highest BCUT2D eigenvalue weighted by atomic mass is 16.3. The molecule has 36 heavy (non-hydrogen) atoms. The van der Waals surface area contributed by atoms with E-state index in [4.69, 9.17) is 0 Å². The van der Waals surface area contributed by atoms with E-state index in [0.29, 0.717) is 49.1 Å². The lowest BCUT2D eigenvalue weighted by Crippen LogP contribution is -2.47. The minimum Gasteiger partial charge on any atom is -0.507 e. The van der Waals surface area contributed by atoms with E-state index in [1.807, 2.05) is 36.9 Å². The van der Waals surface area contributed by atoms with Gasteiger partial charge in [-0.2, -0.15) is 5.10 Å². The Morgan fingerprint density at radius 3 is 2.42 bits per heavy atom. The summed E-state index contributed by atoms with van der Waals surface area (Å²) < 4.78 is 0. The molecule has 1 saturated heterocycles. The molecule has 2 N–H and O–H groups in total. The van der Waals surface area contributed by atoms with Gasteiger partial charge in [0.2, 0.25) is 0 Å². The van der Waals surface area contributed by atoms with Crippen molar-refractivity contribution in [1.29, 1.82) is 0 Å². The molecule has 2 aliphatic heterocycles. The van der Waals surface area contributed by atoms with E-state index in [1.54, 1.807) is 11.0 Å². The lowest BCUT2D eigenvalue weighted by Gasteiger charge is -2.32. The highest BCUT2D eigenvalue weighted by molar-refractivity contribution is 6.09. The van der Waals surface area contributed by atoms with E-state index >= 15 is 0 Å². The van der Waals surface area contributed by atoms with Crippen molar-refractivity contribution in [3.8, 4) is 5.75 Å². The first kappa shape index (κ1) is 24.0. The monoisotopic (exact) mass is 489 g/mol. The van der Waals surface area contributed by atoms with Crippen LogP contribution in [0.1, 0.15) is 62.6 Å². The maximum Gasteiger partial charge on any atom is 0.258 e. The van der Waals surface area contributed by atoms with Crippen LogP contribution in [0, 0.1) is 5.92 Å². The first-order valence-corrected chi connectivity index (χ1v) is 12.3. The van der Waals surface area contributed by atoms with Crippen LogP contribution in [0.4, 0.5) is 0 Å². The summed E-state index contributed by atoms with van der Waals surface area (Å²) in [5.41, 5.74) is 3.46. The Labute approximate surface area is 209 Å². The van der Waals surface area contributed by atoms with Gasteiger partial charge in [-0.25, -0.2) is 0 Å². The molecule has 9 nitrogen and oxygen atoms in total. The second-order valence-corrected chi connectivity index (χ2v) is 10.2. The number of piperazine rings is 1. The number of H-pyrrole nitrogens is 1. The van der Waals surface area contributed by atoms with Crippen molar-refractivity contribution in [3.63, 3.8) is 0 Å². The number of ketones is 1. The molecule has 0 aliphatic carbocycles. The number of aromatic nitrogens is 2. The summed E-state index contributed by atoms with van der Waals surface area (Å²) in [4.78, 5) is 44.8. The molecular formula is C27H31N5O4. The zero-order chi connectivity index (χ0) is 25.6. The molecule has 0 radical (unpaired) electrons. The zero-order valence-corrected chi connectivity index (χ0v) is 20.9. The van der Waals surface area contributed by atoms with Gasteiger partial charge in [-0.15, -0.1) is 0 Å². The van der Waals surface area contributed by atoms with Gasteiger partial charge in [-0.3, -0.25) is 19.5 Å². The summed E-state index contributed by atoms with van der Waals surface area (Å²) in [7, 11) is 2.05. The number of benzene rings is 2. The smallest absolute Gasteiger partial charge is 0.258 e. The second kappa shape index (κ2) is 9.39. The Morgan fingerprint density at radius 1 is 0.972 bits per heavy atom. The third kappa shape index (κ3) is 4.46. The fourth-order valence-electron chi connectivity index (χ4n) is 4.94. The number of hydrogen-bond acceptors (Lipinski definition) is 6. The van der Waals surface area contributed by atoms with E-state index in [2.05, 4.69) is 22.1 Å². The SMILES string of the molecule is CC(C)CC(=O)c1n[nH]c2cc(O)c(C(=O)N3Cc4ccc(C(=O)N5CCN(C)CC5)cc4C3)cc12. The predicted molar refractivity (Wildman–Crippen MR) is 135 cm³/mol. The number of hydrogen-bond donors (Lipinski definition) is 2. The topological polar surface area (TPSA) is 110 Å². The largest absolute Gasteiger partial charge is 0.507 e. The number of phenols is 1. The number of amides is 2. The molecule has 2 amide bonds. The third-order valence-corrected chi connectivity index (χ3v) is 7.02. The average molecular weight is 490 g/mol. The predicted octanol–water partition coefficient (Wildman–Crippen LogP) is 3.04. The number of aromatic amines is 1. The molecular weight excluding hydrogens is 458 g/mol. The second-order valence-electron chi connectivity index (χ2n) is 10.2. The molecule has 188 valence electrons. The molecule has 1 aromatic heterocycles. The summed E-state index contributed by atoms with van der Waals surface area (Å²) in [5, 5.41) is 18.0. The maximum absolute atomic E-state index is 13.4. The fourth-order valence-corrected chi connectivity index (χ4v) is 4.94. The number of Topliss-reactive ketones (excluding diaryl/α,β-unsaturated/α-hetero) is 1. The van der Waals surface area contributed by atoms with Crippen molar-refractivity contribution in [2.24, 2.45) is 5.92 Å². The van der Waals surface area contributed by atoms with Crippen LogP contribution in [0.2, 0.25) is 0 Å². The maximum atomic E-state index is 13.4. The van der Waals surface area contributed by atoms with Crippen LogP contribution in [0.25, 0.3) is 10.9 Å². The van der Waals surface area contributed by atoms with Gasteiger partial charge in [0.05, 0.1) is 11.1 Å². The van der Waals surface area contributed by atoms with Crippen molar-refractivity contribution in [3.05, 3.63) is 58.3 Å². The van der Waals surface area contributed by atoms with Gasteiger partial charge in [0.25, 0.3) is 11.8 Å². The van der Waals surface area contributed by atoms with Crippen molar-refractivity contribution in [2.75, 3.05) is 33.2 Å². The number of phenolic OH excluding ortho intramolecular Hbond substituents is 1. The molecule has 2 aliphatic rings. The quantitative estimate of drug-likeness (QED) is 0.533. The van der Waals surface area contributed by atoms with Gasteiger partial charge < -0.3 is 19.8 Å². The van der Waals surface area contributed by atoms with E-state index in [-0.39, 0.29) is 40.5 Å². The number of rotatable bonds is 5. The Hall–Kier alpha value is -3.72. The highest BCUT2D eigenvalue weighted by Crippen LogP contribution is 2.31. The number of aromatic hydroxyl groups is 1. The summed E-state index contributed by atoms with van der Waals surface area (Å²) in [6.45, 7) is 7.77. The molecule has 5 rings (SSSR count). The molecule has 1 fully saturated rings. The molecule has 2 aromatic carbocycles. The molecule has 0 saturated carbocycles. The minimum absolute atomic E-state index is 0.0114. The van der Waals surface area contributed by atoms with E-state index in [9.17, 15) is 19.5 Å². The van der Waals surface area contributed by atoms with Gasteiger partial charge >= 0.3 is 0 Å². The lowest BCUT2D eigenvalue weighted by atomic mass is 10.0. The summed E-state index contributed by atoms with van der Waals surface area (Å²) >= 11 is 0. The first-order chi connectivity index (χ1) is 17.2. The van der Waals surface area contributed by atoms with Crippen LogP contribution < -0.4 is 0 Å². The molecule has 9 heteroatoms. The number of likely N-dealkylation sites (N-methyl/N-ethyl adjacent to an activating group) is 1. The van der Waals surface area contributed by atoms with Crippen LogP contribution in [0.5, 0.6) is 5.75 Å². The Balaban J connectivity index is 1.36. The van der Waals surface area contributed by atoms with Crippen molar-refractivity contribution in [1.82, 2.24) is 24.9 Å². The number of carbonyl (C=O) groups excluding carboxylic acids is 3. The Bertz CT molecular complexity index is 1350. The zero-order valence-electron chi connectivity index (χ0n) is 20.9. The first-order valence-electron chi connectivity index (χ1n) is 12.3. The fraction of sp³-hybridized carbons (Fsp3) is 0.407. The van der Waals surface area contributed by atoms with Crippen molar-refractivity contribution in [2.45, 2.75) is 33.4 Å². The normalized spacial score (nSPS) is 16.1. The van der Waals surface area contributed by atoms with Crippen LogP contribution in [-0.4, -0.2) is 80.8 Å². The molecule has 0 atom stereocenters. The molecule has 3 aromatic rings. The number of nitrogens with one attached hydrogen (secondary N) is 1. The molecule has 0 unspecified atom stereocenters. The van der Waals surface area contributed by atoms with E-state index in [1.165, 1.54) is 6.07 Å². The Morgan fingerprint density at radius 2 is 1.69 bits per heavy atom. The molecule has 0 bridgehead atoms. The standard InChI is InChI=1S/C27H31N5O4/c1-16(2)10-24(34)25-20-12-21(23(33)13-22(20)28-29-25)27(36)32-14-18-5-4-17(11-19(18)15-32)26(35)31-8-6-30(3)7-9-31/h4-5,11-13,16,33H,6-10,14-15H2,1-3H3,(H,28,29). The van der Waals surface area contributed by atoms with Gasteiger partial charge in [-0.1, -0.05) is 19.9 Å². The summed E-state index contributed by atoms with van der Waals surface area (Å²) in [6, 6.07) is 8.61. The van der Waals surface area contributed by atoms with Gasteiger partial charge in [0, 0.05) is 62.7 Å². The summed E-state index contributed by atoms with van der Waals surface area (Å²) in [5.74, 6) is -0.413. The van der Waals surface area contributed by atoms with Crippen molar-refractivity contribution < 1.29 is 19.5 Å². The third-order valence-electron chi connectivity index (χ3n) is 7.02. The van der Waals surface area contributed by atoms with Crippen LogP contribution in [0.15, 0.2) is 30.3 Å². The van der Waals surface area contributed by atoms with Crippen molar-refractivity contribution >= 4 is 28.5 Å². The molecule has 0 spiro atoms. The summed E-state index contributed by atoms with van der Waals surface area (Å²) in [6.07, 6.45) is 0.348. The molecule has 3 heterocycles. The number of carbonyl (C=O) groups is 3. The van der Waals surface area contributed by atoms with Crippen LogP contribution >= 0.6 is 0 Å².